The van der Waals surface area contributed by atoms with Crippen molar-refractivity contribution in [2.45, 2.75) is 66.0 Å². The second-order valence-corrected chi connectivity index (χ2v) is 6.17. The zero-order valence-electron chi connectivity index (χ0n) is 12.7. The van der Waals surface area contributed by atoms with Crippen LogP contribution < -0.4 is 5.32 Å². The minimum Gasteiger partial charge on any atom is -0.306 e. The summed E-state index contributed by atoms with van der Waals surface area (Å²) in [5.74, 6) is 0. The van der Waals surface area contributed by atoms with Crippen molar-refractivity contribution in [1.29, 1.82) is 0 Å². The van der Waals surface area contributed by atoms with Gasteiger partial charge in [0, 0.05) is 23.2 Å². The number of aromatic nitrogens is 2. The quantitative estimate of drug-likeness (QED) is 0.863. The van der Waals surface area contributed by atoms with Crippen molar-refractivity contribution >= 4 is 16.3 Å². The molecule has 2 rings (SSSR count). The standard InChI is InChI=1S/C15H25N3S/c1-6-15(7-2,8-3)16-9-13-12(5)17-14-18(13)11(4)10-19-14/h10,16H,6-9H2,1-5H3. The number of hydrogen-bond donors (Lipinski definition) is 1. The molecule has 2 aromatic rings. The summed E-state index contributed by atoms with van der Waals surface area (Å²) in [5, 5.41) is 5.96. The normalized spacial score (nSPS) is 12.5. The van der Waals surface area contributed by atoms with Gasteiger partial charge in [-0.2, -0.15) is 0 Å². The van der Waals surface area contributed by atoms with Crippen molar-refractivity contribution in [3.63, 3.8) is 0 Å². The monoisotopic (exact) mass is 279 g/mol. The van der Waals surface area contributed by atoms with Crippen molar-refractivity contribution in [3.05, 3.63) is 22.5 Å². The van der Waals surface area contributed by atoms with Gasteiger partial charge in [0.05, 0.1) is 11.4 Å². The smallest absolute Gasteiger partial charge is 0.194 e. The number of nitrogens with zero attached hydrogens (tertiary/aromatic N) is 2. The number of nitrogens with one attached hydrogen (secondary N) is 1. The predicted molar refractivity (Wildman–Crippen MR) is 83.0 cm³/mol. The number of rotatable bonds is 6. The molecule has 0 bridgehead atoms. The summed E-state index contributed by atoms with van der Waals surface area (Å²) in [6.07, 6.45) is 3.51. The van der Waals surface area contributed by atoms with E-state index in [2.05, 4.69) is 54.7 Å². The van der Waals surface area contributed by atoms with Crippen LogP contribution in [-0.2, 0) is 6.54 Å². The van der Waals surface area contributed by atoms with Crippen molar-refractivity contribution in [2.75, 3.05) is 0 Å². The van der Waals surface area contributed by atoms with Gasteiger partial charge in [-0.25, -0.2) is 4.98 Å². The van der Waals surface area contributed by atoms with Gasteiger partial charge >= 0.3 is 0 Å². The van der Waals surface area contributed by atoms with E-state index in [0.717, 1.165) is 17.2 Å². The van der Waals surface area contributed by atoms with Crippen LogP contribution in [0.5, 0.6) is 0 Å². The Morgan fingerprint density at radius 3 is 2.42 bits per heavy atom. The fourth-order valence-electron chi connectivity index (χ4n) is 2.77. The van der Waals surface area contributed by atoms with E-state index in [1.807, 2.05) is 0 Å². The third-order valence-electron chi connectivity index (χ3n) is 4.49. The number of imidazole rings is 1. The Kier molecular flexibility index (Phi) is 4.31. The van der Waals surface area contributed by atoms with E-state index in [1.54, 1.807) is 11.3 Å². The third-order valence-corrected chi connectivity index (χ3v) is 5.43. The van der Waals surface area contributed by atoms with Gasteiger partial charge in [-0.15, -0.1) is 11.3 Å². The van der Waals surface area contributed by atoms with E-state index < -0.39 is 0 Å². The van der Waals surface area contributed by atoms with Gasteiger partial charge in [0.1, 0.15) is 0 Å². The number of fused-ring (bicyclic) bond motifs is 1. The molecular formula is C15H25N3S. The molecule has 2 aromatic heterocycles. The highest BCUT2D eigenvalue weighted by Crippen LogP contribution is 2.23. The third kappa shape index (κ3) is 2.56. The summed E-state index contributed by atoms with van der Waals surface area (Å²) in [4.78, 5) is 5.77. The first kappa shape index (κ1) is 14.5. The van der Waals surface area contributed by atoms with Crippen molar-refractivity contribution in [1.82, 2.24) is 14.7 Å². The molecule has 0 radical (unpaired) electrons. The van der Waals surface area contributed by atoms with Crippen LogP contribution in [0.2, 0.25) is 0 Å². The first-order chi connectivity index (χ1) is 9.06. The lowest BCUT2D eigenvalue weighted by Crippen LogP contribution is -2.43. The highest BCUT2D eigenvalue weighted by molar-refractivity contribution is 7.15. The summed E-state index contributed by atoms with van der Waals surface area (Å²) in [7, 11) is 0. The minimum absolute atomic E-state index is 0.264. The molecule has 0 aliphatic carbocycles. The fraction of sp³-hybridized carbons (Fsp3) is 0.667. The van der Waals surface area contributed by atoms with E-state index in [4.69, 9.17) is 0 Å². The molecule has 0 saturated carbocycles. The molecule has 0 aromatic carbocycles. The molecule has 0 aliphatic heterocycles. The minimum atomic E-state index is 0.264. The maximum absolute atomic E-state index is 4.65. The lowest BCUT2D eigenvalue weighted by atomic mass is 9.90. The molecule has 0 fully saturated rings. The zero-order chi connectivity index (χ0) is 14.0. The molecule has 0 spiro atoms. The summed E-state index contributed by atoms with van der Waals surface area (Å²) >= 11 is 1.72. The lowest BCUT2D eigenvalue weighted by molar-refractivity contribution is 0.286. The molecule has 106 valence electrons. The largest absolute Gasteiger partial charge is 0.306 e. The molecule has 19 heavy (non-hydrogen) atoms. The Labute approximate surface area is 120 Å². The molecule has 2 heterocycles. The van der Waals surface area contributed by atoms with Gasteiger partial charge in [-0.05, 0) is 33.1 Å². The van der Waals surface area contributed by atoms with Crippen molar-refractivity contribution in [3.8, 4) is 0 Å². The van der Waals surface area contributed by atoms with Crippen LogP contribution >= 0.6 is 11.3 Å². The Morgan fingerprint density at radius 1 is 1.21 bits per heavy atom. The summed E-state index contributed by atoms with van der Waals surface area (Å²) < 4.78 is 2.29. The molecule has 0 aliphatic rings. The maximum Gasteiger partial charge on any atom is 0.194 e. The Balaban J connectivity index is 2.26. The Morgan fingerprint density at radius 2 is 1.84 bits per heavy atom. The highest BCUT2D eigenvalue weighted by atomic mass is 32.1. The number of hydrogen-bond acceptors (Lipinski definition) is 3. The zero-order valence-corrected chi connectivity index (χ0v) is 13.5. The first-order valence-corrected chi connectivity index (χ1v) is 8.12. The van der Waals surface area contributed by atoms with E-state index in [1.165, 1.54) is 30.7 Å². The molecule has 0 amide bonds. The van der Waals surface area contributed by atoms with Crippen LogP contribution in [0.1, 0.15) is 57.1 Å². The maximum atomic E-state index is 4.65. The highest BCUT2D eigenvalue weighted by Gasteiger charge is 2.24. The predicted octanol–water partition coefficient (Wildman–Crippen LogP) is 4.07. The average Bonchev–Trinajstić information content (AvgIpc) is 2.92. The van der Waals surface area contributed by atoms with Crippen LogP contribution in [0.25, 0.3) is 4.96 Å². The molecule has 4 heteroatoms. The van der Waals surface area contributed by atoms with E-state index in [9.17, 15) is 0 Å². The summed E-state index contributed by atoms with van der Waals surface area (Å²) in [6, 6.07) is 0. The van der Waals surface area contributed by atoms with Gasteiger partial charge in [0.2, 0.25) is 0 Å². The topological polar surface area (TPSA) is 29.3 Å². The van der Waals surface area contributed by atoms with Crippen molar-refractivity contribution < 1.29 is 0 Å². The first-order valence-electron chi connectivity index (χ1n) is 7.24. The van der Waals surface area contributed by atoms with Gasteiger partial charge in [-0.1, -0.05) is 20.8 Å². The van der Waals surface area contributed by atoms with Crippen LogP contribution in [0, 0.1) is 13.8 Å². The van der Waals surface area contributed by atoms with Crippen LogP contribution in [0.4, 0.5) is 0 Å². The van der Waals surface area contributed by atoms with Crippen LogP contribution in [0.3, 0.4) is 0 Å². The van der Waals surface area contributed by atoms with Crippen LogP contribution in [-0.4, -0.2) is 14.9 Å². The molecule has 1 N–H and O–H groups in total. The Hall–Kier alpha value is -0.870. The molecular weight excluding hydrogens is 254 g/mol. The summed E-state index contributed by atoms with van der Waals surface area (Å²) in [5.41, 5.74) is 4.01. The summed E-state index contributed by atoms with van der Waals surface area (Å²) in [6.45, 7) is 12.0. The number of aryl methyl sites for hydroxylation is 2. The molecule has 3 nitrogen and oxygen atoms in total. The van der Waals surface area contributed by atoms with Gasteiger partial charge in [0.15, 0.2) is 4.96 Å². The molecule has 0 saturated heterocycles. The van der Waals surface area contributed by atoms with E-state index >= 15 is 0 Å². The van der Waals surface area contributed by atoms with Crippen molar-refractivity contribution in [2.24, 2.45) is 0 Å². The second kappa shape index (κ2) is 5.63. The van der Waals surface area contributed by atoms with Gasteiger partial charge in [-0.3, -0.25) is 4.40 Å². The van der Waals surface area contributed by atoms with Gasteiger partial charge in [0.25, 0.3) is 0 Å². The van der Waals surface area contributed by atoms with E-state index in [0.29, 0.717) is 0 Å². The molecule has 0 unspecified atom stereocenters. The second-order valence-electron chi connectivity index (χ2n) is 5.33. The lowest BCUT2D eigenvalue weighted by Gasteiger charge is -2.32. The van der Waals surface area contributed by atoms with Crippen LogP contribution in [0.15, 0.2) is 5.38 Å². The fourth-order valence-corrected chi connectivity index (χ4v) is 3.70. The van der Waals surface area contributed by atoms with Gasteiger partial charge < -0.3 is 5.32 Å². The van der Waals surface area contributed by atoms with E-state index in [-0.39, 0.29) is 5.54 Å². The number of thiazole rings is 1. The SMILES string of the molecule is CCC(CC)(CC)NCc1c(C)nc2scc(C)n12. The average molecular weight is 279 g/mol. The Bertz CT molecular complexity index is 541. The molecule has 0 atom stereocenters.